The summed E-state index contributed by atoms with van der Waals surface area (Å²) in [4.78, 5) is 18.9. The Balaban J connectivity index is 1.39. The maximum Gasteiger partial charge on any atom is 0.326 e. The van der Waals surface area contributed by atoms with Crippen LogP contribution in [-0.2, 0) is 19.5 Å². The van der Waals surface area contributed by atoms with Gasteiger partial charge in [-0.15, -0.1) is 0 Å². The van der Waals surface area contributed by atoms with Crippen LogP contribution in [0.4, 0.5) is 18.0 Å². The number of fused-ring (bicyclic) bond motifs is 3. The summed E-state index contributed by atoms with van der Waals surface area (Å²) in [6, 6.07) is 12.2. The van der Waals surface area contributed by atoms with Crippen molar-refractivity contribution in [3.05, 3.63) is 105 Å². The summed E-state index contributed by atoms with van der Waals surface area (Å²) < 4.78 is 42.5. The second-order valence-corrected chi connectivity index (χ2v) is 9.31. The van der Waals surface area contributed by atoms with Crippen LogP contribution >= 0.6 is 11.6 Å². The van der Waals surface area contributed by atoms with Crippen molar-refractivity contribution >= 4 is 34.6 Å². The molecule has 0 atom stereocenters. The van der Waals surface area contributed by atoms with Gasteiger partial charge in [-0.1, -0.05) is 23.8 Å². The first kappa shape index (κ1) is 25.5. The van der Waals surface area contributed by atoms with Crippen LogP contribution in [0.2, 0.25) is 5.02 Å². The van der Waals surface area contributed by atoms with E-state index < -0.39 is 22.6 Å². The minimum absolute atomic E-state index is 0.131. The quantitative estimate of drug-likeness (QED) is 0.259. The summed E-state index contributed by atoms with van der Waals surface area (Å²) in [6.45, 7) is 1.80. The maximum atomic E-state index is 13.7. The molecular weight excluding hydrogens is 515 g/mol. The summed E-state index contributed by atoms with van der Waals surface area (Å²) in [7, 11) is 0. The average molecular weight is 536 g/mol. The van der Waals surface area contributed by atoms with Crippen molar-refractivity contribution < 1.29 is 18.0 Å². The number of halogens is 4. The number of pyridine rings is 1. The van der Waals surface area contributed by atoms with E-state index in [2.05, 4.69) is 21.3 Å². The second kappa shape index (κ2) is 10.7. The van der Waals surface area contributed by atoms with Crippen molar-refractivity contribution in [2.75, 3.05) is 13.1 Å². The summed E-state index contributed by atoms with van der Waals surface area (Å²) in [5.74, 6) is -2.25. The number of nitrogens with zero attached hydrogens (tertiary/aromatic N) is 4. The highest BCUT2D eigenvalue weighted by molar-refractivity contribution is 6.30. The number of nitrogens with one attached hydrogen (secondary N) is 1. The van der Waals surface area contributed by atoms with Crippen molar-refractivity contribution in [3.8, 4) is 6.07 Å². The molecule has 38 heavy (non-hydrogen) atoms. The van der Waals surface area contributed by atoms with Gasteiger partial charge in [0.15, 0.2) is 0 Å². The van der Waals surface area contributed by atoms with Crippen molar-refractivity contribution in [3.63, 3.8) is 0 Å². The third kappa shape index (κ3) is 5.14. The normalized spacial score (nSPS) is 13.6. The highest BCUT2D eigenvalue weighted by Crippen LogP contribution is 2.32. The SMILES string of the molecule is N#Cc1ccc2c(c1)c1c(n2C(=O)NCc2ccnc(F)c2)CCN(C/C=C/c2cc(F)c(Cl)c(F)c2)C1. The van der Waals surface area contributed by atoms with E-state index in [9.17, 15) is 23.2 Å². The molecule has 5 rings (SSSR count). The molecule has 0 radical (unpaired) electrons. The predicted octanol–water partition coefficient (Wildman–Crippen LogP) is 5.81. The molecule has 1 amide bonds. The van der Waals surface area contributed by atoms with E-state index in [1.54, 1.807) is 34.9 Å². The predicted molar refractivity (Wildman–Crippen MR) is 138 cm³/mol. The van der Waals surface area contributed by atoms with Gasteiger partial charge in [0.1, 0.15) is 16.7 Å². The van der Waals surface area contributed by atoms with E-state index in [-0.39, 0.29) is 12.6 Å². The molecule has 0 saturated heterocycles. The van der Waals surface area contributed by atoms with Gasteiger partial charge in [-0.2, -0.15) is 9.65 Å². The molecule has 0 bridgehead atoms. The monoisotopic (exact) mass is 535 g/mol. The first-order valence-corrected chi connectivity index (χ1v) is 12.2. The first-order valence-electron chi connectivity index (χ1n) is 11.8. The van der Waals surface area contributed by atoms with Crippen LogP contribution in [0.3, 0.4) is 0 Å². The molecule has 0 saturated carbocycles. The highest BCUT2D eigenvalue weighted by Gasteiger charge is 2.26. The number of carbonyl (C=O) groups excluding carboxylic acids is 1. The molecule has 1 aliphatic heterocycles. The number of benzene rings is 2. The fraction of sp³-hybridized carbons (Fsp3) is 0.179. The molecule has 192 valence electrons. The molecule has 2 aromatic carbocycles. The van der Waals surface area contributed by atoms with E-state index in [1.807, 2.05) is 6.08 Å². The maximum absolute atomic E-state index is 13.7. The van der Waals surface area contributed by atoms with Gasteiger partial charge in [-0.3, -0.25) is 9.47 Å². The van der Waals surface area contributed by atoms with Crippen molar-refractivity contribution in [1.82, 2.24) is 19.8 Å². The van der Waals surface area contributed by atoms with E-state index in [0.29, 0.717) is 48.3 Å². The number of nitriles is 1. The Morgan fingerprint density at radius 3 is 2.68 bits per heavy atom. The Morgan fingerprint density at radius 1 is 1.16 bits per heavy atom. The lowest BCUT2D eigenvalue weighted by molar-refractivity contribution is 0.240. The van der Waals surface area contributed by atoms with E-state index in [4.69, 9.17) is 11.6 Å². The van der Waals surface area contributed by atoms with Gasteiger partial charge in [-0.05, 0) is 59.2 Å². The molecule has 0 aliphatic carbocycles. The highest BCUT2D eigenvalue weighted by atomic mass is 35.5. The van der Waals surface area contributed by atoms with Crippen LogP contribution in [0.25, 0.3) is 17.0 Å². The molecule has 2 aromatic heterocycles. The zero-order valence-electron chi connectivity index (χ0n) is 20.0. The van der Waals surface area contributed by atoms with Gasteiger partial charge >= 0.3 is 6.03 Å². The molecule has 10 heteroatoms. The molecule has 4 aromatic rings. The van der Waals surface area contributed by atoms with Crippen LogP contribution in [0, 0.1) is 28.9 Å². The fourth-order valence-corrected chi connectivity index (χ4v) is 4.80. The number of amides is 1. The van der Waals surface area contributed by atoms with Crippen molar-refractivity contribution in [1.29, 1.82) is 5.26 Å². The first-order chi connectivity index (χ1) is 18.3. The Hall–Kier alpha value is -4.13. The summed E-state index contributed by atoms with van der Waals surface area (Å²) in [5, 5.41) is 12.5. The molecule has 3 heterocycles. The Labute approximate surface area is 221 Å². The summed E-state index contributed by atoms with van der Waals surface area (Å²) >= 11 is 5.55. The van der Waals surface area contributed by atoms with Gasteiger partial charge in [-0.25, -0.2) is 18.6 Å². The largest absolute Gasteiger partial charge is 0.333 e. The molecule has 1 N–H and O–H groups in total. The molecule has 6 nitrogen and oxygen atoms in total. The van der Waals surface area contributed by atoms with Gasteiger partial charge in [0.25, 0.3) is 0 Å². The van der Waals surface area contributed by atoms with Gasteiger partial charge in [0, 0.05) is 49.9 Å². The van der Waals surface area contributed by atoms with E-state index in [1.165, 1.54) is 24.4 Å². The second-order valence-electron chi connectivity index (χ2n) is 8.94. The van der Waals surface area contributed by atoms with E-state index in [0.717, 1.165) is 16.6 Å². The molecule has 1 aliphatic rings. The number of carbonyl (C=O) groups is 1. The standard InChI is InChI=1S/C28H21ClF3N5O/c29-27-22(30)11-17(12-23(27)31)2-1-8-36-9-6-25-21(16-36)20-10-18(14-33)3-4-24(20)37(25)28(38)35-15-19-5-7-34-26(32)13-19/h1-5,7,10-13H,6,8-9,15-16H2,(H,35,38)/b2-1+. The third-order valence-corrected chi connectivity index (χ3v) is 6.84. The number of rotatable bonds is 5. The van der Waals surface area contributed by atoms with Gasteiger partial charge in [0.05, 0.1) is 17.1 Å². The topological polar surface area (TPSA) is 74.0 Å². The lowest BCUT2D eigenvalue weighted by Gasteiger charge is -2.27. The number of hydrogen-bond donors (Lipinski definition) is 1. The number of aromatic nitrogens is 2. The average Bonchev–Trinajstić information content (AvgIpc) is 3.23. The van der Waals surface area contributed by atoms with Crippen LogP contribution in [-0.4, -0.2) is 33.6 Å². The third-order valence-electron chi connectivity index (χ3n) is 6.47. The molecule has 0 spiro atoms. The van der Waals surface area contributed by atoms with Crippen LogP contribution < -0.4 is 5.32 Å². The summed E-state index contributed by atoms with van der Waals surface area (Å²) in [6.07, 6.45) is 5.36. The molecular formula is C28H21ClF3N5O. The lowest BCUT2D eigenvalue weighted by atomic mass is 10.0. The van der Waals surface area contributed by atoms with Gasteiger partial charge < -0.3 is 5.32 Å². The minimum Gasteiger partial charge on any atom is -0.333 e. The van der Waals surface area contributed by atoms with E-state index >= 15 is 0 Å². The van der Waals surface area contributed by atoms with Crippen LogP contribution in [0.5, 0.6) is 0 Å². The van der Waals surface area contributed by atoms with Crippen LogP contribution in [0.1, 0.15) is 27.9 Å². The fourth-order valence-electron chi connectivity index (χ4n) is 4.69. The van der Waals surface area contributed by atoms with Crippen molar-refractivity contribution in [2.24, 2.45) is 0 Å². The van der Waals surface area contributed by atoms with Gasteiger partial charge in [0.2, 0.25) is 5.95 Å². The Kier molecular flexibility index (Phi) is 7.18. The zero-order valence-corrected chi connectivity index (χ0v) is 20.8. The van der Waals surface area contributed by atoms with Crippen molar-refractivity contribution in [2.45, 2.75) is 19.5 Å². The minimum atomic E-state index is -0.817. The summed E-state index contributed by atoms with van der Waals surface area (Å²) in [5.41, 5.74) is 3.89. The zero-order chi connectivity index (χ0) is 26.8. The molecule has 0 fully saturated rings. The lowest BCUT2D eigenvalue weighted by Crippen LogP contribution is -2.34. The Morgan fingerprint density at radius 2 is 1.95 bits per heavy atom. The van der Waals surface area contributed by atoms with Crippen LogP contribution in [0.15, 0.2) is 54.7 Å². The molecule has 0 unspecified atom stereocenters. The Bertz CT molecular complexity index is 1600. The smallest absolute Gasteiger partial charge is 0.326 e. The number of hydrogen-bond acceptors (Lipinski definition) is 4.